The van der Waals surface area contributed by atoms with Crippen molar-refractivity contribution in [3.05, 3.63) is 13.9 Å². The fourth-order valence-corrected chi connectivity index (χ4v) is 2.40. The second-order valence-corrected chi connectivity index (χ2v) is 5.71. The highest BCUT2D eigenvalue weighted by molar-refractivity contribution is 14.1. The summed E-state index contributed by atoms with van der Waals surface area (Å²) in [4.78, 5) is 18.1. The van der Waals surface area contributed by atoms with Gasteiger partial charge < -0.3 is 35.2 Å². The molecule has 1 fully saturated rings. The van der Waals surface area contributed by atoms with Crippen LogP contribution in [0.2, 0.25) is 0 Å². The number of rotatable bonds is 4. The van der Waals surface area contributed by atoms with Crippen molar-refractivity contribution < 1.29 is 29.9 Å². The normalized spacial score (nSPS) is 31.8. The summed E-state index contributed by atoms with van der Waals surface area (Å²) in [5.41, 5.74) is -0.459. The van der Waals surface area contributed by atoms with Gasteiger partial charge in [-0.15, -0.1) is 0 Å². The molecule has 0 spiro atoms. The number of hydrogen-bond acceptors (Lipinski definition) is 9. The maximum absolute atomic E-state index is 11.7. The fraction of sp³-hybridized carbons (Fsp3) is 0.636. The summed E-state index contributed by atoms with van der Waals surface area (Å²) in [6, 6.07) is -0.0440. The molecule has 0 radical (unpaired) electrons. The quantitative estimate of drug-likeness (QED) is 0.287. The molecule has 1 aromatic heterocycles. The average molecular weight is 429 g/mol. The molecule has 5 atom stereocenters. The van der Waals surface area contributed by atoms with Gasteiger partial charge in [-0.3, -0.25) is 9.78 Å². The number of anilines is 1. The molecule has 0 amide bonds. The van der Waals surface area contributed by atoms with Crippen LogP contribution in [0.4, 0.5) is 5.82 Å². The number of aromatic amines is 1. The Labute approximate surface area is 138 Å². The highest BCUT2D eigenvalue weighted by atomic mass is 127. The third kappa shape index (κ3) is 3.33. The van der Waals surface area contributed by atoms with Crippen LogP contribution in [0.5, 0.6) is 6.01 Å². The molecule has 0 aromatic carbocycles. The molecule has 0 bridgehead atoms. The number of aromatic nitrogens is 2. The first-order valence-electron chi connectivity index (χ1n) is 6.30. The van der Waals surface area contributed by atoms with E-state index in [1.165, 1.54) is 7.11 Å². The van der Waals surface area contributed by atoms with E-state index in [0.717, 1.165) is 0 Å². The van der Waals surface area contributed by atoms with E-state index >= 15 is 0 Å². The van der Waals surface area contributed by atoms with Gasteiger partial charge in [0.25, 0.3) is 11.6 Å². The van der Waals surface area contributed by atoms with Crippen LogP contribution in [-0.4, -0.2) is 74.8 Å². The highest BCUT2D eigenvalue weighted by Gasteiger charge is 2.43. The van der Waals surface area contributed by atoms with Crippen molar-refractivity contribution in [3.63, 3.8) is 0 Å². The summed E-state index contributed by atoms with van der Waals surface area (Å²) in [5, 5.41) is 41.2. The number of aliphatic hydroxyl groups excluding tert-OH is 4. The predicted octanol–water partition coefficient (Wildman–Crippen LogP) is -2.41. The summed E-state index contributed by atoms with van der Waals surface area (Å²) >= 11 is 1.74. The van der Waals surface area contributed by atoms with E-state index in [1.54, 1.807) is 22.6 Å². The van der Waals surface area contributed by atoms with E-state index in [0.29, 0.717) is 0 Å². The zero-order valence-electron chi connectivity index (χ0n) is 11.4. The second-order valence-electron chi connectivity index (χ2n) is 4.63. The van der Waals surface area contributed by atoms with Crippen molar-refractivity contribution in [1.82, 2.24) is 9.97 Å². The lowest BCUT2D eigenvalue weighted by Crippen LogP contribution is -2.60. The minimum Gasteiger partial charge on any atom is -0.468 e. The van der Waals surface area contributed by atoms with Gasteiger partial charge in [0.1, 0.15) is 28.0 Å². The van der Waals surface area contributed by atoms with Crippen molar-refractivity contribution in [3.8, 4) is 6.01 Å². The van der Waals surface area contributed by atoms with E-state index < -0.39 is 42.8 Å². The monoisotopic (exact) mass is 429 g/mol. The molecule has 1 aliphatic heterocycles. The van der Waals surface area contributed by atoms with Crippen LogP contribution in [0.3, 0.4) is 0 Å². The van der Waals surface area contributed by atoms with Gasteiger partial charge in [-0.2, -0.15) is 4.98 Å². The molecule has 0 unspecified atom stereocenters. The van der Waals surface area contributed by atoms with Gasteiger partial charge in [-0.25, -0.2) is 0 Å². The van der Waals surface area contributed by atoms with Crippen LogP contribution in [-0.2, 0) is 4.74 Å². The van der Waals surface area contributed by atoms with E-state index in [-0.39, 0.29) is 15.4 Å². The van der Waals surface area contributed by atoms with Crippen molar-refractivity contribution in [2.75, 3.05) is 19.0 Å². The lowest BCUT2D eigenvalue weighted by molar-refractivity contribution is -0.221. The third-order valence-electron chi connectivity index (χ3n) is 3.21. The number of hydrogen-bond donors (Lipinski definition) is 6. The molecule has 10 nitrogen and oxygen atoms in total. The molecular formula is C11H16IN3O7. The topological polar surface area (TPSA) is 157 Å². The first-order chi connectivity index (χ1) is 10.4. The Morgan fingerprint density at radius 3 is 2.64 bits per heavy atom. The molecular weight excluding hydrogens is 413 g/mol. The number of halogens is 1. The number of ether oxygens (including phenoxy) is 2. The fourth-order valence-electron chi connectivity index (χ4n) is 1.99. The highest BCUT2D eigenvalue weighted by Crippen LogP contribution is 2.23. The van der Waals surface area contributed by atoms with E-state index in [4.69, 9.17) is 14.6 Å². The minimum atomic E-state index is -1.52. The van der Waals surface area contributed by atoms with Crippen LogP contribution in [0.15, 0.2) is 4.79 Å². The van der Waals surface area contributed by atoms with Crippen LogP contribution in [0.1, 0.15) is 0 Å². The Kier molecular flexibility index (Phi) is 5.57. The first-order valence-corrected chi connectivity index (χ1v) is 7.37. The zero-order valence-corrected chi connectivity index (χ0v) is 13.6. The summed E-state index contributed by atoms with van der Waals surface area (Å²) in [6.45, 7) is -0.549. The van der Waals surface area contributed by atoms with E-state index in [2.05, 4.69) is 15.3 Å². The minimum absolute atomic E-state index is 0.0440. The van der Waals surface area contributed by atoms with Crippen LogP contribution >= 0.6 is 22.6 Å². The van der Waals surface area contributed by atoms with Gasteiger partial charge in [-0.05, 0) is 22.6 Å². The summed E-state index contributed by atoms with van der Waals surface area (Å²) < 4.78 is 10.3. The van der Waals surface area contributed by atoms with Gasteiger partial charge in [0.2, 0.25) is 0 Å². The van der Waals surface area contributed by atoms with Gasteiger partial charge >= 0.3 is 0 Å². The maximum Gasteiger partial charge on any atom is 0.298 e. The Hall–Kier alpha value is -0.990. The van der Waals surface area contributed by atoms with Crippen molar-refractivity contribution in [2.45, 2.75) is 30.6 Å². The Morgan fingerprint density at radius 1 is 1.36 bits per heavy atom. The van der Waals surface area contributed by atoms with Gasteiger partial charge in [-0.1, -0.05) is 0 Å². The van der Waals surface area contributed by atoms with Crippen LogP contribution in [0.25, 0.3) is 0 Å². The van der Waals surface area contributed by atoms with Crippen molar-refractivity contribution >= 4 is 28.4 Å². The number of nitrogens with one attached hydrogen (secondary N) is 2. The Bertz CT molecular complexity index is 581. The lowest BCUT2D eigenvalue weighted by atomic mass is 9.98. The number of H-pyrrole nitrogens is 1. The molecule has 1 saturated heterocycles. The van der Waals surface area contributed by atoms with Crippen LogP contribution < -0.4 is 15.6 Å². The molecule has 2 heterocycles. The van der Waals surface area contributed by atoms with Gasteiger partial charge in [0, 0.05) is 0 Å². The Morgan fingerprint density at radius 2 is 2.05 bits per heavy atom. The molecule has 124 valence electrons. The molecule has 0 aliphatic carbocycles. The van der Waals surface area contributed by atoms with E-state index in [1.807, 2.05) is 0 Å². The standard InChI is InChI=1S/C11H16IN3O7/c1-21-11-14-8(4(12)9(20)15-11)13-10-7(19)6(18)5(17)3(2-16)22-10/h3,5-7,10,16-19H,2H2,1H3,(H2,13,14,15,20)/t3-,5+,6+,7-,10+/m0/s1. The molecule has 11 heteroatoms. The molecule has 22 heavy (non-hydrogen) atoms. The zero-order chi connectivity index (χ0) is 16.4. The maximum atomic E-state index is 11.7. The number of methoxy groups -OCH3 is 1. The van der Waals surface area contributed by atoms with Crippen molar-refractivity contribution in [1.29, 1.82) is 0 Å². The predicted molar refractivity (Wildman–Crippen MR) is 81.5 cm³/mol. The second kappa shape index (κ2) is 7.06. The Balaban J connectivity index is 2.26. The summed E-state index contributed by atoms with van der Waals surface area (Å²) in [6.07, 6.45) is -6.70. The molecule has 6 N–H and O–H groups in total. The molecule has 1 aliphatic rings. The average Bonchev–Trinajstić information content (AvgIpc) is 2.51. The summed E-state index contributed by atoms with van der Waals surface area (Å²) in [7, 11) is 1.32. The lowest BCUT2D eigenvalue weighted by Gasteiger charge is -2.40. The number of aliphatic hydroxyl groups is 4. The van der Waals surface area contributed by atoms with Crippen molar-refractivity contribution in [2.24, 2.45) is 0 Å². The molecule has 1 aromatic rings. The largest absolute Gasteiger partial charge is 0.468 e. The van der Waals surface area contributed by atoms with Crippen LogP contribution in [0, 0.1) is 3.57 Å². The summed E-state index contributed by atoms with van der Waals surface area (Å²) in [5.74, 6) is 0.0746. The smallest absolute Gasteiger partial charge is 0.298 e. The molecule has 0 saturated carbocycles. The molecule has 2 rings (SSSR count). The first kappa shape index (κ1) is 17.4. The number of nitrogens with zero attached hydrogens (tertiary/aromatic N) is 1. The SMILES string of the molecule is COc1nc(N[C@@H]2O[C@@H](CO)[C@@H](O)[C@@H](O)[C@@H]2O)c(I)c(=O)[nH]1. The van der Waals surface area contributed by atoms with Gasteiger partial charge in [0.15, 0.2) is 12.0 Å². The third-order valence-corrected chi connectivity index (χ3v) is 4.21. The van der Waals surface area contributed by atoms with E-state index in [9.17, 15) is 20.1 Å². The van der Waals surface area contributed by atoms with Gasteiger partial charge in [0.05, 0.1) is 13.7 Å².